The summed E-state index contributed by atoms with van der Waals surface area (Å²) in [6, 6.07) is 22.6. The lowest BCUT2D eigenvalue weighted by Crippen LogP contribution is -2.24. The number of sulfone groups is 1. The van der Waals surface area contributed by atoms with Crippen LogP contribution in [0.15, 0.2) is 95.1 Å². The van der Waals surface area contributed by atoms with Crippen molar-refractivity contribution in [3.8, 4) is 17.6 Å². The number of nitrogens with zero attached hydrogens (tertiary/aromatic N) is 4. The molecule has 0 radical (unpaired) electrons. The Morgan fingerprint density at radius 1 is 1.03 bits per heavy atom. The number of benzene rings is 3. The van der Waals surface area contributed by atoms with Crippen molar-refractivity contribution >= 4 is 15.7 Å². The monoisotopic (exact) mass is 484 g/mol. The third kappa shape index (κ3) is 4.38. The van der Waals surface area contributed by atoms with E-state index >= 15 is 0 Å². The average Bonchev–Trinajstić information content (AvgIpc) is 3.53. The van der Waals surface area contributed by atoms with Crippen molar-refractivity contribution < 1.29 is 13.2 Å². The summed E-state index contributed by atoms with van der Waals surface area (Å²) in [5.74, 6) is 1.79. The van der Waals surface area contributed by atoms with E-state index < -0.39 is 9.84 Å². The predicted octanol–water partition coefficient (Wildman–Crippen LogP) is 5.26. The number of aromatic nitrogens is 2. The number of imidazole rings is 1. The molecule has 0 amide bonds. The minimum Gasteiger partial charge on any atom is -0.456 e. The molecule has 8 heteroatoms. The Bertz CT molecular complexity index is 1510. The Balaban J connectivity index is 1.47. The molecule has 1 fully saturated rings. The molecular weight excluding hydrogens is 460 g/mol. The first-order chi connectivity index (χ1) is 17.0. The summed E-state index contributed by atoms with van der Waals surface area (Å²) >= 11 is 0. The van der Waals surface area contributed by atoms with Crippen LogP contribution < -0.4 is 9.64 Å². The van der Waals surface area contributed by atoms with Crippen LogP contribution in [0.1, 0.15) is 30.0 Å². The second-order valence-electron chi connectivity index (χ2n) is 8.47. The molecule has 1 atom stereocenters. The van der Waals surface area contributed by atoms with Crippen LogP contribution in [0.2, 0.25) is 0 Å². The summed E-state index contributed by atoms with van der Waals surface area (Å²) in [5.41, 5.74) is 1.42. The lowest BCUT2D eigenvalue weighted by atomic mass is 10.0. The summed E-state index contributed by atoms with van der Waals surface area (Å²) in [6.45, 7) is 0.916. The van der Waals surface area contributed by atoms with Gasteiger partial charge in [0.15, 0.2) is 0 Å². The van der Waals surface area contributed by atoms with Crippen molar-refractivity contribution in [2.24, 2.45) is 7.05 Å². The summed E-state index contributed by atoms with van der Waals surface area (Å²) in [7, 11) is -1.71. The van der Waals surface area contributed by atoms with E-state index in [1.807, 2.05) is 29.9 Å². The van der Waals surface area contributed by atoms with Gasteiger partial charge >= 0.3 is 0 Å². The van der Waals surface area contributed by atoms with E-state index in [1.54, 1.807) is 60.9 Å². The topological polar surface area (TPSA) is 88.2 Å². The van der Waals surface area contributed by atoms with Crippen LogP contribution in [0.25, 0.3) is 0 Å². The number of nitriles is 1. The first-order valence-corrected chi connectivity index (χ1v) is 12.8. The molecule has 1 aliphatic heterocycles. The maximum atomic E-state index is 13.0. The van der Waals surface area contributed by atoms with Crippen molar-refractivity contribution in [3.63, 3.8) is 0 Å². The van der Waals surface area contributed by atoms with Gasteiger partial charge in [-0.05, 0) is 60.9 Å². The van der Waals surface area contributed by atoms with Gasteiger partial charge in [0, 0.05) is 13.6 Å². The van der Waals surface area contributed by atoms with Crippen molar-refractivity contribution in [2.75, 3.05) is 11.4 Å². The molecule has 0 N–H and O–H groups in total. The molecule has 0 bridgehead atoms. The van der Waals surface area contributed by atoms with Gasteiger partial charge in [0.05, 0.1) is 33.9 Å². The van der Waals surface area contributed by atoms with Crippen LogP contribution in [0.3, 0.4) is 0 Å². The van der Waals surface area contributed by atoms with E-state index in [0.29, 0.717) is 17.1 Å². The molecule has 5 rings (SSSR count). The Morgan fingerprint density at radius 3 is 2.57 bits per heavy atom. The fourth-order valence-corrected chi connectivity index (χ4v) is 5.82. The van der Waals surface area contributed by atoms with Crippen LogP contribution in [0.5, 0.6) is 11.5 Å². The van der Waals surface area contributed by atoms with E-state index in [1.165, 1.54) is 6.07 Å². The number of aryl methyl sites for hydroxylation is 1. The minimum absolute atomic E-state index is 0.130. The van der Waals surface area contributed by atoms with Crippen LogP contribution in [-0.2, 0) is 16.9 Å². The second kappa shape index (κ2) is 9.28. The zero-order valence-electron chi connectivity index (χ0n) is 19.2. The molecular formula is C27H24N4O3S. The van der Waals surface area contributed by atoms with Gasteiger partial charge in [-0.3, -0.25) is 0 Å². The molecule has 35 heavy (non-hydrogen) atoms. The molecule has 1 unspecified atom stereocenters. The lowest BCUT2D eigenvalue weighted by Gasteiger charge is -2.27. The highest BCUT2D eigenvalue weighted by molar-refractivity contribution is 7.91. The fourth-order valence-electron chi connectivity index (χ4n) is 4.51. The average molecular weight is 485 g/mol. The van der Waals surface area contributed by atoms with E-state index in [2.05, 4.69) is 16.0 Å². The number of hydrogen-bond acceptors (Lipinski definition) is 6. The molecule has 0 spiro atoms. The highest BCUT2D eigenvalue weighted by atomic mass is 32.2. The smallest absolute Gasteiger partial charge is 0.206 e. The predicted molar refractivity (Wildman–Crippen MR) is 132 cm³/mol. The summed E-state index contributed by atoms with van der Waals surface area (Å²) in [5, 5.41) is 9.68. The van der Waals surface area contributed by atoms with Crippen LogP contribution in [0, 0.1) is 11.3 Å². The van der Waals surface area contributed by atoms with Gasteiger partial charge in [-0.25, -0.2) is 13.4 Å². The van der Waals surface area contributed by atoms with Gasteiger partial charge in [0.25, 0.3) is 0 Å². The van der Waals surface area contributed by atoms with Gasteiger partial charge in [-0.1, -0.05) is 30.3 Å². The quantitative estimate of drug-likeness (QED) is 0.371. The number of hydrogen-bond donors (Lipinski definition) is 0. The fraction of sp³-hybridized carbons (Fsp3) is 0.185. The molecule has 1 aliphatic rings. The van der Waals surface area contributed by atoms with Crippen LogP contribution >= 0.6 is 0 Å². The van der Waals surface area contributed by atoms with E-state index in [-0.39, 0.29) is 15.8 Å². The first-order valence-electron chi connectivity index (χ1n) is 11.3. The highest BCUT2D eigenvalue weighted by Crippen LogP contribution is 2.38. The molecule has 1 aromatic heterocycles. The maximum Gasteiger partial charge on any atom is 0.206 e. The first kappa shape index (κ1) is 22.7. The van der Waals surface area contributed by atoms with E-state index in [9.17, 15) is 13.7 Å². The lowest BCUT2D eigenvalue weighted by molar-refractivity contribution is 0.477. The third-order valence-electron chi connectivity index (χ3n) is 6.25. The van der Waals surface area contributed by atoms with Crippen molar-refractivity contribution in [2.45, 2.75) is 28.7 Å². The zero-order chi connectivity index (χ0) is 24.4. The number of ether oxygens (including phenoxy) is 1. The largest absolute Gasteiger partial charge is 0.456 e. The molecule has 0 aliphatic carbocycles. The zero-order valence-corrected chi connectivity index (χ0v) is 20.0. The summed E-state index contributed by atoms with van der Waals surface area (Å²) in [6.07, 6.45) is 5.67. The van der Waals surface area contributed by atoms with E-state index in [0.717, 1.165) is 30.8 Å². The Labute approximate surface area is 204 Å². The SMILES string of the molecule is Cn1cncc1N1CCCC1c1ccc(C#N)c(Oc2cccc(S(=O)(=O)c3ccccc3)c2)c1. The maximum absolute atomic E-state index is 13.0. The Kier molecular flexibility index (Phi) is 6.01. The van der Waals surface area contributed by atoms with E-state index in [4.69, 9.17) is 4.74 Å². The summed E-state index contributed by atoms with van der Waals surface area (Å²) in [4.78, 5) is 6.91. The second-order valence-corrected chi connectivity index (χ2v) is 10.4. The molecule has 7 nitrogen and oxygen atoms in total. The van der Waals surface area contributed by atoms with Gasteiger partial charge in [-0.15, -0.1) is 0 Å². The summed E-state index contributed by atoms with van der Waals surface area (Å²) < 4.78 is 34.2. The molecule has 2 heterocycles. The number of anilines is 1. The molecule has 3 aromatic carbocycles. The van der Waals surface area contributed by atoms with Crippen molar-refractivity contribution in [1.29, 1.82) is 5.26 Å². The Hall–Kier alpha value is -4.09. The van der Waals surface area contributed by atoms with Gasteiger partial charge < -0.3 is 14.2 Å². The molecule has 0 saturated carbocycles. The standard InChI is InChI=1S/C27H24N4O3S/c1-30-19-29-18-27(30)31-14-6-11-25(31)20-12-13-21(17-28)26(15-20)34-22-7-5-10-24(16-22)35(32,33)23-8-3-2-4-9-23/h2-5,7-10,12-13,15-16,18-19,25H,6,11,14H2,1H3. The Morgan fingerprint density at radius 2 is 1.83 bits per heavy atom. The van der Waals surface area contributed by atoms with Gasteiger partial charge in [-0.2, -0.15) is 5.26 Å². The normalized spacial score (nSPS) is 15.7. The third-order valence-corrected chi connectivity index (χ3v) is 8.01. The molecule has 1 saturated heterocycles. The van der Waals surface area contributed by atoms with Crippen molar-refractivity contribution in [1.82, 2.24) is 9.55 Å². The minimum atomic E-state index is -3.69. The number of rotatable bonds is 6. The van der Waals surface area contributed by atoms with Crippen LogP contribution in [-0.4, -0.2) is 24.5 Å². The van der Waals surface area contributed by atoms with Crippen LogP contribution in [0.4, 0.5) is 5.82 Å². The molecule has 4 aromatic rings. The van der Waals surface area contributed by atoms with Gasteiger partial charge in [0.2, 0.25) is 9.84 Å². The highest BCUT2D eigenvalue weighted by Gasteiger charge is 2.28. The van der Waals surface area contributed by atoms with Gasteiger partial charge in [0.1, 0.15) is 23.4 Å². The van der Waals surface area contributed by atoms with Crippen molar-refractivity contribution in [3.05, 3.63) is 96.4 Å². The molecule has 176 valence electrons.